The van der Waals surface area contributed by atoms with Gasteiger partial charge in [0.25, 0.3) is 0 Å². The van der Waals surface area contributed by atoms with Gasteiger partial charge in [-0.15, -0.1) is 0 Å². The summed E-state index contributed by atoms with van der Waals surface area (Å²) in [6.07, 6.45) is 2.31. The van der Waals surface area contributed by atoms with Crippen molar-refractivity contribution in [1.29, 1.82) is 0 Å². The van der Waals surface area contributed by atoms with E-state index in [1.807, 2.05) is 0 Å². The van der Waals surface area contributed by atoms with Crippen LogP contribution < -0.4 is 16.5 Å². The molecule has 3 nitrogen and oxygen atoms in total. The molecule has 0 aliphatic carbocycles. The first-order chi connectivity index (χ1) is 7.05. The maximum atomic E-state index is 5.36. The molecular weight excluding hydrogens is 198 g/mol. The van der Waals surface area contributed by atoms with Gasteiger partial charge in [0.2, 0.25) is 0 Å². The average Bonchev–Trinajstić information content (AvgIpc) is 1.97. The van der Waals surface area contributed by atoms with Crippen LogP contribution in [0.1, 0.15) is 54.4 Å². The minimum Gasteiger partial charge on any atom is -0.291 e. The van der Waals surface area contributed by atoms with Crippen molar-refractivity contribution in [1.82, 2.24) is 0 Å². The third-order valence-electron chi connectivity index (χ3n) is 3.09. The Morgan fingerprint density at radius 2 is 1.44 bits per heavy atom. The number of hydrogen-bond acceptors (Lipinski definition) is 0. The average molecular weight is 228 g/mol. The maximum Gasteiger partial charge on any atom is 0.338 e. The number of rotatable bonds is 4. The lowest BCUT2D eigenvalue weighted by Crippen LogP contribution is -2.78. The molecule has 0 saturated heterocycles. The lowest BCUT2D eigenvalue weighted by Gasteiger charge is -2.41. The Labute approximate surface area is 101 Å². The highest BCUT2D eigenvalue weighted by atomic mass is 15.0. The summed E-state index contributed by atoms with van der Waals surface area (Å²) in [4.78, 5) is 2.98. The van der Waals surface area contributed by atoms with Crippen molar-refractivity contribution in [3.63, 3.8) is 0 Å². The van der Waals surface area contributed by atoms with Crippen molar-refractivity contribution in [3.8, 4) is 0 Å². The molecule has 0 aliphatic heterocycles. The molecule has 0 spiro atoms. The van der Waals surface area contributed by atoms with Gasteiger partial charge in [-0.3, -0.25) is 16.5 Å². The molecule has 0 radical (unpaired) electrons. The van der Waals surface area contributed by atoms with E-state index in [2.05, 4.69) is 46.5 Å². The molecule has 0 bridgehead atoms. The highest BCUT2D eigenvalue weighted by Crippen LogP contribution is 2.42. The summed E-state index contributed by atoms with van der Waals surface area (Å²) in [7, 11) is 0. The van der Waals surface area contributed by atoms with Crippen molar-refractivity contribution in [2.75, 3.05) is 6.54 Å². The summed E-state index contributed by atoms with van der Waals surface area (Å²) in [5, 5.41) is 0. The van der Waals surface area contributed by atoms with Gasteiger partial charge in [0.15, 0.2) is 0 Å². The van der Waals surface area contributed by atoms with E-state index < -0.39 is 0 Å². The van der Waals surface area contributed by atoms with E-state index in [9.17, 15) is 0 Å². The first kappa shape index (κ1) is 15.3. The van der Waals surface area contributed by atoms with Crippen LogP contribution in [0.5, 0.6) is 0 Å². The number of guanidine groups is 1. The van der Waals surface area contributed by atoms with Crippen LogP contribution in [0, 0.1) is 16.7 Å². The predicted octanol–water partition coefficient (Wildman–Crippen LogP) is 0.829. The van der Waals surface area contributed by atoms with Crippen LogP contribution in [0.25, 0.3) is 0 Å². The largest absolute Gasteiger partial charge is 0.338 e. The monoisotopic (exact) mass is 228 g/mol. The summed E-state index contributed by atoms with van der Waals surface area (Å²) < 4.78 is 0. The molecule has 0 unspecified atom stereocenters. The standard InChI is InChI=1S/C13H29N3/c1-12(2,3)10(13(4,5)6)8-7-9-16-11(14)15/h10H,7-9H2,1-6H3,(H4,14,15,16)/p+1. The summed E-state index contributed by atoms with van der Waals surface area (Å²) in [6.45, 7) is 14.8. The van der Waals surface area contributed by atoms with Gasteiger partial charge < -0.3 is 0 Å². The molecule has 0 aliphatic rings. The molecule has 96 valence electrons. The Morgan fingerprint density at radius 1 is 1.00 bits per heavy atom. The van der Waals surface area contributed by atoms with E-state index >= 15 is 0 Å². The van der Waals surface area contributed by atoms with Gasteiger partial charge in [-0.2, -0.15) is 0 Å². The van der Waals surface area contributed by atoms with Crippen molar-refractivity contribution in [3.05, 3.63) is 0 Å². The highest BCUT2D eigenvalue weighted by Gasteiger charge is 2.33. The number of nitrogens with two attached hydrogens (primary N) is 2. The molecule has 3 heteroatoms. The topological polar surface area (TPSA) is 66.0 Å². The lowest BCUT2D eigenvalue weighted by molar-refractivity contribution is -0.460. The summed E-state index contributed by atoms with van der Waals surface area (Å²) >= 11 is 0. The van der Waals surface area contributed by atoms with E-state index in [4.69, 9.17) is 11.5 Å². The zero-order valence-corrected chi connectivity index (χ0v) is 11.9. The third-order valence-corrected chi connectivity index (χ3v) is 3.09. The summed E-state index contributed by atoms with van der Waals surface area (Å²) in [5.41, 5.74) is 11.4. The minimum absolute atomic E-state index is 0.322. The quantitative estimate of drug-likeness (QED) is 0.379. The summed E-state index contributed by atoms with van der Waals surface area (Å²) in [5.74, 6) is 1.02. The van der Waals surface area contributed by atoms with Crippen LogP contribution >= 0.6 is 0 Å². The van der Waals surface area contributed by atoms with Gasteiger partial charge in [-0.1, -0.05) is 41.5 Å². The van der Waals surface area contributed by atoms with Crippen LogP contribution in [-0.4, -0.2) is 12.5 Å². The molecule has 0 saturated carbocycles. The SMILES string of the molecule is CC(C)(C)C(CCC[NH+]=C(N)N)C(C)(C)C. The van der Waals surface area contributed by atoms with Gasteiger partial charge in [0.1, 0.15) is 0 Å². The Morgan fingerprint density at radius 3 is 1.75 bits per heavy atom. The fourth-order valence-corrected chi connectivity index (χ4v) is 2.70. The van der Waals surface area contributed by atoms with Gasteiger partial charge >= 0.3 is 5.96 Å². The van der Waals surface area contributed by atoms with E-state index in [0.29, 0.717) is 22.7 Å². The third kappa shape index (κ3) is 5.99. The van der Waals surface area contributed by atoms with E-state index in [1.165, 1.54) is 6.42 Å². The molecule has 5 N–H and O–H groups in total. The molecule has 0 aromatic carbocycles. The molecule has 0 amide bonds. The fourth-order valence-electron chi connectivity index (χ4n) is 2.70. The van der Waals surface area contributed by atoms with Gasteiger partial charge in [-0.25, -0.2) is 0 Å². The van der Waals surface area contributed by atoms with Crippen molar-refractivity contribution in [2.24, 2.45) is 28.2 Å². The molecule has 0 aromatic heterocycles. The van der Waals surface area contributed by atoms with Crippen LogP contribution in [0.2, 0.25) is 0 Å². The van der Waals surface area contributed by atoms with Gasteiger partial charge in [0, 0.05) is 0 Å². The Hall–Kier alpha value is -0.730. The highest BCUT2D eigenvalue weighted by molar-refractivity contribution is 5.69. The van der Waals surface area contributed by atoms with E-state index in [1.54, 1.807) is 0 Å². The second kappa shape index (κ2) is 5.55. The van der Waals surface area contributed by atoms with Gasteiger partial charge in [-0.05, 0) is 29.6 Å². The zero-order valence-electron chi connectivity index (χ0n) is 11.9. The van der Waals surface area contributed by atoms with Gasteiger partial charge in [0.05, 0.1) is 6.54 Å². The van der Waals surface area contributed by atoms with Crippen LogP contribution in [-0.2, 0) is 0 Å². The Kier molecular flexibility index (Phi) is 5.30. The maximum absolute atomic E-state index is 5.36. The summed E-state index contributed by atoms with van der Waals surface area (Å²) in [6, 6.07) is 0. The zero-order chi connectivity index (χ0) is 13.0. The minimum atomic E-state index is 0.322. The Bertz CT molecular complexity index is 213. The van der Waals surface area contributed by atoms with Crippen molar-refractivity contribution < 1.29 is 4.99 Å². The second-order valence-corrected chi connectivity index (χ2v) is 6.81. The molecule has 16 heavy (non-hydrogen) atoms. The van der Waals surface area contributed by atoms with Crippen LogP contribution in [0.4, 0.5) is 0 Å². The van der Waals surface area contributed by atoms with Crippen molar-refractivity contribution >= 4 is 5.96 Å². The fraction of sp³-hybridized carbons (Fsp3) is 0.923. The molecule has 0 atom stereocenters. The molecule has 0 fully saturated rings. The van der Waals surface area contributed by atoms with Crippen molar-refractivity contribution in [2.45, 2.75) is 54.4 Å². The second-order valence-electron chi connectivity index (χ2n) is 6.81. The first-order valence-corrected chi connectivity index (χ1v) is 6.17. The lowest BCUT2D eigenvalue weighted by atomic mass is 9.65. The molecular formula is C13H30N3+. The van der Waals surface area contributed by atoms with Crippen LogP contribution in [0.3, 0.4) is 0 Å². The predicted molar refractivity (Wildman–Crippen MR) is 70.8 cm³/mol. The van der Waals surface area contributed by atoms with Crippen LogP contribution in [0.15, 0.2) is 0 Å². The number of nitrogens with one attached hydrogen (secondary N) is 1. The number of hydrogen-bond donors (Lipinski definition) is 3. The Balaban J connectivity index is 4.32. The molecule has 0 rings (SSSR count). The normalized spacial score (nSPS) is 12.9. The van der Waals surface area contributed by atoms with E-state index in [-0.39, 0.29) is 0 Å². The van der Waals surface area contributed by atoms with E-state index in [0.717, 1.165) is 13.0 Å². The first-order valence-electron chi connectivity index (χ1n) is 6.17. The molecule has 0 aromatic rings. The smallest absolute Gasteiger partial charge is 0.291 e. The molecule has 0 heterocycles.